The molecule has 1 atom stereocenters. The van der Waals surface area contributed by atoms with Gasteiger partial charge in [0, 0.05) is 10.6 Å². The predicted octanol–water partition coefficient (Wildman–Crippen LogP) is 3.26. The summed E-state index contributed by atoms with van der Waals surface area (Å²) in [5.41, 5.74) is 1.94. The molecule has 0 aliphatic carbocycles. The first-order valence-electron chi connectivity index (χ1n) is 5.92. The van der Waals surface area contributed by atoms with Crippen LogP contribution >= 0.6 is 11.8 Å². The van der Waals surface area contributed by atoms with Crippen molar-refractivity contribution in [1.29, 1.82) is 0 Å². The number of hydrogen-bond donors (Lipinski definition) is 1. The molecule has 1 aliphatic heterocycles. The minimum atomic E-state index is 0.0180. The molecule has 0 radical (unpaired) electrons. The maximum Gasteiger partial charge on any atom is 0.252 e. The van der Waals surface area contributed by atoms with Crippen LogP contribution in [0.5, 0.6) is 0 Å². The molecule has 90 valence electrons. The number of fused-ring (bicyclic) bond motifs is 1. The maximum atomic E-state index is 12.2. The maximum absolute atomic E-state index is 12.2. The Morgan fingerprint density at radius 2 is 1.72 bits per heavy atom. The highest BCUT2D eigenvalue weighted by atomic mass is 32.2. The smallest absolute Gasteiger partial charge is 0.252 e. The van der Waals surface area contributed by atoms with E-state index in [4.69, 9.17) is 0 Å². The third-order valence-corrected chi connectivity index (χ3v) is 4.21. The second kappa shape index (κ2) is 4.86. The molecule has 1 unspecified atom stereocenters. The molecule has 0 saturated carbocycles. The van der Waals surface area contributed by atoms with Crippen LogP contribution in [0.15, 0.2) is 59.5 Å². The number of amides is 1. The van der Waals surface area contributed by atoms with Gasteiger partial charge in [0.15, 0.2) is 0 Å². The van der Waals surface area contributed by atoms with E-state index in [1.807, 2.05) is 42.5 Å². The summed E-state index contributed by atoms with van der Waals surface area (Å²) in [5, 5.41) is 3.09. The van der Waals surface area contributed by atoms with E-state index in [0.717, 1.165) is 21.8 Å². The highest BCUT2D eigenvalue weighted by molar-refractivity contribution is 7.99. The summed E-state index contributed by atoms with van der Waals surface area (Å²) < 4.78 is 0. The van der Waals surface area contributed by atoms with Crippen molar-refractivity contribution in [2.75, 3.05) is 5.75 Å². The summed E-state index contributed by atoms with van der Waals surface area (Å²) in [6.45, 7) is 0. The molecule has 0 spiro atoms. The van der Waals surface area contributed by atoms with E-state index in [1.54, 1.807) is 11.8 Å². The van der Waals surface area contributed by atoms with Gasteiger partial charge >= 0.3 is 0 Å². The Balaban J connectivity index is 1.91. The van der Waals surface area contributed by atoms with Gasteiger partial charge in [0.2, 0.25) is 0 Å². The first kappa shape index (κ1) is 11.4. The predicted molar refractivity (Wildman–Crippen MR) is 73.8 cm³/mol. The van der Waals surface area contributed by atoms with Crippen LogP contribution < -0.4 is 5.32 Å². The number of carbonyl (C=O) groups is 1. The average Bonchev–Trinajstić information content (AvgIpc) is 2.60. The van der Waals surface area contributed by atoms with Crippen LogP contribution in [0.4, 0.5) is 0 Å². The van der Waals surface area contributed by atoms with Gasteiger partial charge in [-0.2, -0.15) is 0 Å². The molecule has 1 heterocycles. The molecule has 18 heavy (non-hydrogen) atoms. The van der Waals surface area contributed by atoms with Crippen molar-refractivity contribution in [3.05, 3.63) is 65.7 Å². The Morgan fingerprint density at radius 1 is 1.00 bits per heavy atom. The summed E-state index contributed by atoms with van der Waals surface area (Å²) >= 11 is 1.73. The van der Waals surface area contributed by atoms with Crippen molar-refractivity contribution in [2.45, 2.75) is 10.9 Å². The molecule has 1 amide bonds. The second-order valence-electron chi connectivity index (χ2n) is 4.24. The van der Waals surface area contributed by atoms with Crippen LogP contribution in [0, 0.1) is 0 Å². The van der Waals surface area contributed by atoms with Gasteiger partial charge in [-0.05, 0) is 17.7 Å². The number of thioether (sulfide) groups is 1. The zero-order valence-electron chi connectivity index (χ0n) is 9.80. The lowest BCUT2D eigenvalue weighted by atomic mass is 10.1. The van der Waals surface area contributed by atoms with Gasteiger partial charge in [-0.3, -0.25) is 4.79 Å². The van der Waals surface area contributed by atoms with Gasteiger partial charge in [0.25, 0.3) is 5.91 Å². The van der Waals surface area contributed by atoms with Crippen molar-refractivity contribution < 1.29 is 4.79 Å². The molecule has 2 aromatic carbocycles. The normalized spacial score (nSPS) is 18.7. The fourth-order valence-corrected chi connectivity index (χ4v) is 3.21. The lowest BCUT2D eigenvalue weighted by molar-refractivity contribution is 0.0939. The highest BCUT2D eigenvalue weighted by Crippen LogP contribution is 2.30. The molecule has 2 aromatic rings. The van der Waals surface area contributed by atoms with Gasteiger partial charge < -0.3 is 5.32 Å². The fraction of sp³-hybridized carbons (Fsp3) is 0.133. The monoisotopic (exact) mass is 255 g/mol. The molecule has 0 saturated heterocycles. The van der Waals surface area contributed by atoms with Gasteiger partial charge in [0.05, 0.1) is 11.6 Å². The lowest BCUT2D eigenvalue weighted by Crippen LogP contribution is -2.28. The zero-order chi connectivity index (χ0) is 12.4. The molecular formula is C15H13NOS. The zero-order valence-corrected chi connectivity index (χ0v) is 10.6. The first-order chi connectivity index (χ1) is 8.84. The third-order valence-electron chi connectivity index (χ3n) is 3.04. The Bertz CT molecular complexity index is 568. The minimum Gasteiger partial charge on any atom is -0.344 e. The first-order valence-corrected chi connectivity index (χ1v) is 6.91. The van der Waals surface area contributed by atoms with E-state index in [9.17, 15) is 4.79 Å². The minimum absolute atomic E-state index is 0.0180. The largest absolute Gasteiger partial charge is 0.344 e. The Kier molecular flexibility index (Phi) is 3.07. The van der Waals surface area contributed by atoms with E-state index >= 15 is 0 Å². The van der Waals surface area contributed by atoms with Crippen LogP contribution in [0.25, 0.3) is 0 Å². The van der Waals surface area contributed by atoms with Gasteiger partial charge in [-0.15, -0.1) is 11.8 Å². The summed E-state index contributed by atoms with van der Waals surface area (Å²) in [6.07, 6.45) is 0. The summed E-state index contributed by atoms with van der Waals surface area (Å²) in [4.78, 5) is 13.2. The van der Waals surface area contributed by atoms with Crippen molar-refractivity contribution in [3.63, 3.8) is 0 Å². The van der Waals surface area contributed by atoms with Gasteiger partial charge in [-0.25, -0.2) is 0 Å². The summed E-state index contributed by atoms with van der Waals surface area (Å²) in [7, 11) is 0. The standard InChI is InChI=1S/C15H13NOS/c17-15-12-8-4-5-9-14(12)18-10-13(16-15)11-6-2-1-3-7-11/h1-9,13H,10H2,(H,16,17). The molecule has 1 N–H and O–H groups in total. The highest BCUT2D eigenvalue weighted by Gasteiger charge is 2.22. The van der Waals surface area contributed by atoms with Crippen molar-refractivity contribution in [3.8, 4) is 0 Å². The van der Waals surface area contributed by atoms with E-state index in [0.29, 0.717) is 0 Å². The molecular weight excluding hydrogens is 242 g/mol. The number of nitrogens with one attached hydrogen (secondary N) is 1. The molecule has 3 rings (SSSR count). The third kappa shape index (κ3) is 2.14. The Labute approximate surface area is 110 Å². The Hall–Kier alpha value is -1.74. The quantitative estimate of drug-likeness (QED) is 0.847. The number of rotatable bonds is 1. The summed E-state index contributed by atoms with van der Waals surface area (Å²) in [5.74, 6) is 0.886. The topological polar surface area (TPSA) is 29.1 Å². The van der Waals surface area contributed by atoms with E-state index < -0.39 is 0 Å². The van der Waals surface area contributed by atoms with Crippen LogP contribution in [0.2, 0.25) is 0 Å². The molecule has 2 nitrogen and oxygen atoms in total. The van der Waals surface area contributed by atoms with Crippen molar-refractivity contribution >= 4 is 17.7 Å². The van der Waals surface area contributed by atoms with Crippen LogP contribution in [0.3, 0.4) is 0 Å². The van der Waals surface area contributed by atoms with Crippen LogP contribution in [-0.4, -0.2) is 11.7 Å². The van der Waals surface area contributed by atoms with Crippen molar-refractivity contribution in [2.24, 2.45) is 0 Å². The van der Waals surface area contributed by atoms with E-state index in [-0.39, 0.29) is 11.9 Å². The van der Waals surface area contributed by atoms with Gasteiger partial charge in [-0.1, -0.05) is 42.5 Å². The molecule has 0 fully saturated rings. The number of hydrogen-bond acceptors (Lipinski definition) is 2. The fourth-order valence-electron chi connectivity index (χ4n) is 2.10. The van der Waals surface area contributed by atoms with Gasteiger partial charge in [0.1, 0.15) is 0 Å². The van der Waals surface area contributed by atoms with Crippen molar-refractivity contribution in [1.82, 2.24) is 5.32 Å². The molecule has 0 aromatic heterocycles. The summed E-state index contributed by atoms with van der Waals surface area (Å²) in [6, 6.07) is 18.0. The van der Waals surface area contributed by atoms with E-state index in [2.05, 4.69) is 17.4 Å². The Morgan fingerprint density at radius 3 is 2.56 bits per heavy atom. The lowest BCUT2D eigenvalue weighted by Gasteiger charge is -2.15. The van der Waals surface area contributed by atoms with Crippen LogP contribution in [-0.2, 0) is 0 Å². The second-order valence-corrected chi connectivity index (χ2v) is 5.31. The van der Waals surface area contributed by atoms with E-state index in [1.165, 1.54) is 0 Å². The molecule has 3 heteroatoms. The molecule has 0 bridgehead atoms. The average molecular weight is 255 g/mol. The SMILES string of the molecule is O=C1NC(c2ccccc2)CSc2ccccc21. The molecule has 1 aliphatic rings. The number of carbonyl (C=O) groups excluding carboxylic acids is 1. The number of benzene rings is 2. The van der Waals surface area contributed by atoms with Crippen LogP contribution in [0.1, 0.15) is 22.0 Å².